The molecule has 5 heteroatoms. The van der Waals surface area contributed by atoms with E-state index in [2.05, 4.69) is 9.97 Å². The van der Waals surface area contributed by atoms with Gasteiger partial charge in [0, 0.05) is 5.56 Å². The van der Waals surface area contributed by atoms with Crippen molar-refractivity contribution in [2.75, 3.05) is 7.11 Å². The number of carbonyl (C=O) groups is 1. The Morgan fingerprint density at radius 2 is 2.20 bits per heavy atom. The molecule has 0 bridgehead atoms. The summed E-state index contributed by atoms with van der Waals surface area (Å²) in [6.45, 7) is 0. The summed E-state index contributed by atoms with van der Waals surface area (Å²) in [6.07, 6.45) is 1.41. The first-order valence-corrected chi connectivity index (χ1v) is 4.31. The maximum atomic E-state index is 11.0. The normalized spacial score (nSPS) is 10.2. The smallest absolute Gasteiger partial charge is 0.248 e. The Labute approximate surface area is 85.9 Å². The van der Waals surface area contributed by atoms with E-state index in [-0.39, 0.29) is 0 Å². The summed E-state index contributed by atoms with van der Waals surface area (Å²) in [7, 11) is 1.51. The van der Waals surface area contributed by atoms with Crippen LogP contribution in [0.3, 0.4) is 0 Å². The van der Waals surface area contributed by atoms with Gasteiger partial charge in [-0.3, -0.25) is 4.79 Å². The van der Waals surface area contributed by atoms with Crippen molar-refractivity contribution in [2.45, 2.75) is 0 Å². The van der Waals surface area contributed by atoms with Crippen LogP contribution < -0.4 is 10.5 Å². The van der Waals surface area contributed by atoms with E-state index in [9.17, 15) is 4.79 Å². The lowest BCUT2D eigenvalue weighted by molar-refractivity contribution is 0.100. The van der Waals surface area contributed by atoms with Gasteiger partial charge in [-0.15, -0.1) is 0 Å². The molecule has 0 saturated carbocycles. The van der Waals surface area contributed by atoms with Gasteiger partial charge in [0.05, 0.1) is 18.0 Å². The number of aromatic nitrogens is 2. The zero-order valence-electron chi connectivity index (χ0n) is 8.10. The molecule has 2 aromatic rings. The number of amides is 1. The second-order valence-electron chi connectivity index (χ2n) is 2.98. The molecular weight excluding hydrogens is 194 g/mol. The van der Waals surface area contributed by atoms with Gasteiger partial charge in [0.1, 0.15) is 6.33 Å². The van der Waals surface area contributed by atoms with Crippen LogP contribution in [0.15, 0.2) is 24.5 Å². The van der Waals surface area contributed by atoms with E-state index in [0.29, 0.717) is 22.3 Å². The molecule has 0 atom stereocenters. The average Bonchev–Trinajstić information content (AvgIpc) is 2.27. The summed E-state index contributed by atoms with van der Waals surface area (Å²) >= 11 is 0. The van der Waals surface area contributed by atoms with Crippen molar-refractivity contribution in [3.63, 3.8) is 0 Å². The van der Waals surface area contributed by atoms with E-state index in [4.69, 9.17) is 10.5 Å². The van der Waals surface area contributed by atoms with E-state index in [1.165, 1.54) is 13.4 Å². The summed E-state index contributed by atoms with van der Waals surface area (Å²) in [5, 5.41) is 0.677. The Morgan fingerprint density at radius 3 is 2.87 bits per heavy atom. The molecule has 0 radical (unpaired) electrons. The number of rotatable bonds is 2. The Balaban J connectivity index is 2.72. The summed E-state index contributed by atoms with van der Waals surface area (Å²) in [4.78, 5) is 19.0. The predicted molar refractivity (Wildman–Crippen MR) is 54.6 cm³/mol. The minimum absolute atomic E-state index is 0.413. The molecule has 0 spiro atoms. The first kappa shape index (κ1) is 9.39. The van der Waals surface area contributed by atoms with Crippen molar-refractivity contribution < 1.29 is 9.53 Å². The predicted octanol–water partition coefficient (Wildman–Crippen LogP) is 0.737. The topological polar surface area (TPSA) is 78.1 Å². The molecule has 2 N–H and O–H groups in total. The van der Waals surface area contributed by atoms with Gasteiger partial charge in [-0.2, -0.15) is 0 Å². The maximum Gasteiger partial charge on any atom is 0.248 e. The largest absolute Gasteiger partial charge is 0.480 e. The summed E-state index contributed by atoms with van der Waals surface area (Å²) < 4.78 is 5.06. The SMILES string of the molecule is COc1ncnc2ccc(C(N)=O)cc12. The number of primary amides is 1. The second kappa shape index (κ2) is 3.53. The van der Waals surface area contributed by atoms with Crippen molar-refractivity contribution in [1.82, 2.24) is 9.97 Å². The molecule has 1 aromatic carbocycles. The van der Waals surface area contributed by atoms with Crippen LogP contribution in [0.5, 0.6) is 5.88 Å². The fraction of sp³-hybridized carbons (Fsp3) is 0.100. The fourth-order valence-corrected chi connectivity index (χ4v) is 1.35. The Hall–Kier alpha value is -2.17. The minimum atomic E-state index is -0.484. The Kier molecular flexibility index (Phi) is 2.21. The quantitative estimate of drug-likeness (QED) is 0.780. The molecule has 0 unspecified atom stereocenters. The third kappa shape index (κ3) is 1.59. The number of methoxy groups -OCH3 is 1. The van der Waals surface area contributed by atoms with Gasteiger partial charge < -0.3 is 10.5 Å². The van der Waals surface area contributed by atoms with Crippen LogP contribution >= 0.6 is 0 Å². The number of fused-ring (bicyclic) bond motifs is 1. The average molecular weight is 203 g/mol. The van der Waals surface area contributed by atoms with E-state index in [1.807, 2.05) is 0 Å². The molecule has 2 rings (SSSR count). The molecule has 15 heavy (non-hydrogen) atoms. The van der Waals surface area contributed by atoms with Crippen molar-refractivity contribution in [1.29, 1.82) is 0 Å². The second-order valence-corrected chi connectivity index (χ2v) is 2.98. The van der Waals surface area contributed by atoms with Crippen molar-refractivity contribution in [3.05, 3.63) is 30.1 Å². The lowest BCUT2D eigenvalue weighted by Crippen LogP contribution is -2.10. The minimum Gasteiger partial charge on any atom is -0.480 e. The monoisotopic (exact) mass is 203 g/mol. The van der Waals surface area contributed by atoms with Gasteiger partial charge in [-0.05, 0) is 18.2 Å². The molecule has 0 aliphatic heterocycles. The van der Waals surface area contributed by atoms with Crippen LogP contribution in [-0.4, -0.2) is 23.0 Å². The number of nitrogens with zero attached hydrogens (tertiary/aromatic N) is 2. The van der Waals surface area contributed by atoms with Crippen molar-refractivity contribution in [3.8, 4) is 5.88 Å². The van der Waals surface area contributed by atoms with Gasteiger partial charge >= 0.3 is 0 Å². The lowest BCUT2D eigenvalue weighted by atomic mass is 10.1. The van der Waals surface area contributed by atoms with Crippen LogP contribution in [0.4, 0.5) is 0 Å². The summed E-state index contributed by atoms with van der Waals surface area (Å²) in [5.41, 5.74) is 6.30. The van der Waals surface area contributed by atoms with Gasteiger partial charge in [-0.1, -0.05) is 0 Å². The molecule has 0 saturated heterocycles. The highest BCUT2D eigenvalue weighted by molar-refractivity contribution is 5.97. The zero-order valence-corrected chi connectivity index (χ0v) is 8.10. The van der Waals surface area contributed by atoms with Gasteiger partial charge in [0.2, 0.25) is 11.8 Å². The number of ether oxygens (including phenoxy) is 1. The molecular formula is C10H9N3O2. The highest BCUT2D eigenvalue weighted by Gasteiger charge is 2.07. The summed E-state index contributed by atoms with van der Waals surface area (Å²) in [5.74, 6) is -0.0501. The van der Waals surface area contributed by atoms with Crippen LogP contribution in [-0.2, 0) is 0 Å². The first-order valence-electron chi connectivity index (χ1n) is 4.31. The molecule has 0 aliphatic carbocycles. The van der Waals surface area contributed by atoms with Crippen LogP contribution in [0.25, 0.3) is 10.9 Å². The molecule has 0 fully saturated rings. The van der Waals surface area contributed by atoms with Gasteiger partial charge in [0.15, 0.2) is 0 Å². The molecule has 5 nitrogen and oxygen atoms in total. The standard InChI is InChI=1S/C10H9N3O2/c1-15-10-7-4-6(9(11)14)2-3-8(7)12-5-13-10/h2-5H,1H3,(H2,11,14). The molecule has 0 aliphatic rings. The zero-order chi connectivity index (χ0) is 10.8. The molecule has 1 heterocycles. The van der Waals surface area contributed by atoms with Crippen LogP contribution in [0.1, 0.15) is 10.4 Å². The molecule has 76 valence electrons. The third-order valence-corrected chi connectivity index (χ3v) is 2.08. The number of carbonyl (C=O) groups excluding carboxylic acids is 1. The van der Waals surface area contributed by atoms with Crippen LogP contribution in [0.2, 0.25) is 0 Å². The first-order chi connectivity index (χ1) is 7.22. The highest BCUT2D eigenvalue weighted by atomic mass is 16.5. The molecule has 1 amide bonds. The fourth-order valence-electron chi connectivity index (χ4n) is 1.35. The van der Waals surface area contributed by atoms with Gasteiger partial charge in [-0.25, -0.2) is 9.97 Å². The Morgan fingerprint density at radius 1 is 1.40 bits per heavy atom. The van der Waals surface area contributed by atoms with E-state index < -0.39 is 5.91 Å². The number of hydrogen-bond acceptors (Lipinski definition) is 4. The third-order valence-electron chi connectivity index (χ3n) is 2.08. The van der Waals surface area contributed by atoms with E-state index >= 15 is 0 Å². The van der Waals surface area contributed by atoms with Crippen molar-refractivity contribution in [2.24, 2.45) is 5.73 Å². The Bertz CT molecular complexity index is 525. The van der Waals surface area contributed by atoms with E-state index in [0.717, 1.165) is 0 Å². The molecule has 1 aromatic heterocycles. The lowest BCUT2D eigenvalue weighted by Gasteiger charge is -2.03. The highest BCUT2D eigenvalue weighted by Crippen LogP contribution is 2.21. The number of benzene rings is 1. The van der Waals surface area contributed by atoms with Crippen molar-refractivity contribution >= 4 is 16.8 Å². The van der Waals surface area contributed by atoms with Crippen LogP contribution in [0, 0.1) is 0 Å². The number of nitrogens with two attached hydrogens (primary N) is 1. The van der Waals surface area contributed by atoms with E-state index in [1.54, 1.807) is 18.2 Å². The van der Waals surface area contributed by atoms with Gasteiger partial charge in [0.25, 0.3) is 0 Å². The number of hydrogen-bond donors (Lipinski definition) is 1. The summed E-state index contributed by atoms with van der Waals surface area (Å²) in [6, 6.07) is 4.95. The maximum absolute atomic E-state index is 11.0.